The van der Waals surface area contributed by atoms with Gasteiger partial charge in [-0.1, -0.05) is 50.0 Å². The second-order valence-corrected chi connectivity index (χ2v) is 14.7. The van der Waals surface area contributed by atoms with E-state index in [0.717, 1.165) is 11.2 Å². The van der Waals surface area contributed by atoms with Crippen molar-refractivity contribution in [3.8, 4) is 0 Å². The highest BCUT2D eigenvalue weighted by Gasteiger charge is 2.57. The Morgan fingerprint density at radius 2 is 1.78 bits per heavy atom. The van der Waals surface area contributed by atoms with Crippen LogP contribution in [0, 0.1) is 30.5 Å². The highest BCUT2D eigenvalue weighted by molar-refractivity contribution is 7.61. The first-order chi connectivity index (χ1) is 10.7. The average molecular weight is 346 g/mol. The molecule has 0 unspecified atom stereocenters. The van der Waals surface area contributed by atoms with Gasteiger partial charge in [0.15, 0.2) is 0 Å². The Labute approximate surface area is 141 Å². The molecule has 3 rings (SSSR count). The van der Waals surface area contributed by atoms with Crippen LogP contribution in [0.1, 0.15) is 18.6 Å². The fraction of sp³-hybridized carbons (Fsp3) is 0.389. The summed E-state index contributed by atoms with van der Waals surface area (Å²) < 4.78 is 22.0. The van der Waals surface area contributed by atoms with E-state index in [1.165, 1.54) is 5.54 Å². The molecule has 5 radical (unpaired) electrons. The molecule has 1 aromatic rings. The Morgan fingerprint density at radius 1 is 1.13 bits per heavy atom. The van der Waals surface area contributed by atoms with E-state index in [2.05, 4.69) is 45.1 Å². The van der Waals surface area contributed by atoms with Crippen LogP contribution in [0.15, 0.2) is 30.3 Å². The third kappa shape index (κ3) is 2.99. The number of hydrogen-bond donors (Lipinski definition) is 0. The predicted octanol–water partition coefficient (Wildman–Crippen LogP) is 4.88. The van der Waals surface area contributed by atoms with E-state index in [-0.39, 0.29) is 12.1 Å². The minimum atomic E-state index is -3.01. The molecule has 1 saturated carbocycles. The number of likely N-dealkylation sites (N-methyl/N-ethyl adjacent to an activating group) is 1. The van der Waals surface area contributed by atoms with Crippen molar-refractivity contribution in [3.05, 3.63) is 66.4 Å². The zero-order valence-corrected chi connectivity index (χ0v) is 16.4. The van der Waals surface area contributed by atoms with Crippen molar-refractivity contribution in [2.75, 3.05) is 7.05 Å². The van der Waals surface area contributed by atoms with Gasteiger partial charge in [-0.3, -0.25) is 4.57 Å². The number of hydrogen-bond acceptors (Lipinski definition) is 2. The molecule has 1 aromatic carbocycles. The van der Waals surface area contributed by atoms with Gasteiger partial charge in [0.05, 0.1) is 13.7 Å². The van der Waals surface area contributed by atoms with Crippen molar-refractivity contribution in [2.45, 2.75) is 38.7 Å². The van der Waals surface area contributed by atoms with Crippen molar-refractivity contribution in [3.63, 3.8) is 0 Å². The summed E-state index contributed by atoms with van der Waals surface area (Å²) in [6.45, 7) is 8.94. The second-order valence-electron chi connectivity index (χ2n) is 7.35. The molecule has 2 aliphatic rings. The third-order valence-electron chi connectivity index (χ3n) is 4.73. The lowest BCUT2D eigenvalue weighted by Gasteiger charge is -2.34. The van der Waals surface area contributed by atoms with Crippen LogP contribution in [-0.4, -0.2) is 25.8 Å². The molecule has 123 valence electrons. The van der Waals surface area contributed by atoms with Crippen molar-refractivity contribution in [1.82, 2.24) is 4.67 Å². The zero-order valence-electron chi connectivity index (χ0n) is 14.5. The van der Waals surface area contributed by atoms with Crippen molar-refractivity contribution >= 4 is 15.6 Å². The zero-order chi connectivity index (χ0) is 16.8. The summed E-state index contributed by atoms with van der Waals surface area (Å²) in [6, 6.07) is 10.2. The van der Waals surface area contributed by atoms with E-state index in [9.17, 15) is 4.57 Å². The van der Waals surface area contributed by atoms with E-state index in [1.54, 1.807) is 0 Å². The summed E-state index contributed by atoms with van der Waals surface area (Å²) in [5.74, 6) is 0. The van der Waals surface area contributed by atoms with Crippen LogP contribution in [0.2, 0.25) is 19.6 Å². The highest BCUT2D eigenvalue weighted by Crippen LogP contribution is 2.73. The maximum atomic E-state index is 13.8. The fourth-order valence-corrected chi connectivity index (χ4v) is 8.59. The van der Waals surface area contributed by atoms with Gasteiger partial charge in [-0.2, -0.15) is 0 Å². The molecule has 1 aliphatic carbocycles. The average Bonchev–Trinajstić information content (AvgIpc) is 3.09. The van der Waals surface area contributed by atoms with Crippen LogP contribution in [0.25, 0.3) is 0 Å². The topological polar surface area (TPSA) is 29.5 Å². The van der Waals surface area contributed by atoms with E-state index in [0.29, 0.717) is 0 Å². The molecule has 0 amide bonds. The molecular formula is C18H25NO2PSi. The van der Waals surface area contributed by atoms with Crippen LogP contribution < -0.4 is 0 Å². The number of benzene rings is 1. The molecule has 3 atom stereocenters. The van der Waals surface area contributed by atoms with Gasteiger partial charge in [-0.15, -0.1) is 0 Å². The number of rotatable bonds is 3. The molecule has 1 aliphatic heterocycles. The predicted molar refractivity (Wildman–Crippen MR) is 97.8 cm³/mol. The lowest BCUT2D eigenvalue weighted by atomic mass is 10.0. The Kier molecular flexibility index (Phi) is 4.65. The Hall–Kier alpha value is -0.413. The SMILES string of the molecule is C[C@H]1[C@@H](c2ccccc2)O[P@@](=O)([C]2[CH][CH][CH][C]2[Si](C)(C)C)N1C. The summed E-state index contributed by atoms with van der Waals surface area (Å²) in [6.07, 6.45) is 5.97. The Bertz CT molecular complexity index is 601. The monoisotopic (exact) mass is 346 g/mol. The minimum Gasteiger partial charge on any atom is -0.307 e. The lowest BCUT2D eigenvalue weighted by Crippen LogP contribution is -2.34. The molecule has 0 aromatic heterocycles. The van der Waals surface area contributed by atoms with Gasteiger partial charge < -0.3 is 4.52 Å². The van der Waals surface area contributed by atoms with E-state index in [1.807, 2.05) is 42.8 Å². The highest BCUT2D eigenvalue weighted by atomic mass is 31.2. The largest absolute Gasteiger partial charge is 0.307 e. The Balaban J connectivity index is 1.92. The van der Waals surface area contributed by atoms with E-state index < -0.39 is 15.6 Å². The van der Waals surface area contributed by atoms with Gasteiger partial charge in [0, 0.05) is 6.04 Å². The van der Waals surface area contributed by atoms with Crippen LogP contribution in [0.3, 0.4) is 0 Å². The molecule has 0 bridgehead atoms. The quantitative estimate of drug-likeness (QED) is 0.577. The smallest absolute Gasteiger partial charge is 0.280 e. The summed E-state index contributed by atoms with van der Waals surface area (Å²) in [7, 11) is -2.66. The first-order valence-electron chi connectivity index (χ1n) is 8.08. The van der Waals surface area contributed by atoms with Gasteiger partial charge in [-0.05, 0) is 44.3 Å². The standard InChI is InChI=1S/C18H25NO2PSi/c1-14-18(15-10-7-6-8-11-15)21-22(20,19(14)2)16-12-9-13-17(16)23(3,4)5/h6-14,18H,1-5H3/t14-,18-,22-/m0/s1. The third-order valence-corrected chi connectivity index (χ3v) is 9.70. The molecule has 0 spiro atoms. The second kappa shape index (κ2) is 6.14. The maximum absolute atomic E-state index is 13.8. The first-order valence-corrected chi connectivity index (χ1v) is 13.2. The van der Waals surface area contributed by atoms with Crippen LogP contribution >= 0.6 is 7.52 Å². The molecule has 2 fully saturated rings. The summed E-state index contributed by atoms with van der Waals surface area (Å²) in [5.41, 5.74) is 3.24. The normalized spacial score (nSPS) is 34.3. The number of nitrogens with zero attached hydrogens (tertiary/aromatic N) is 1. The van der Waals surface area contributed by atoms with Gasteiger partial charge in [0.1, 0.15) is 6.10 Å². The molecule has 5 heteroatoms. The van der Waals surface area contributed by atoms with Gasteiger partial charge in [-0.25, -0.2) is 4.67 Å². The van der Waals surface area contributed by atoms with Crippen molar-refractivity contribution in [1.29, 1.82) is 0 Å². The summed E-state index contributed by atoms with van der Waals surface area (Å²) in [4.78, 5) is 0. The molecule has 23 heavy (non-hydrogen) atoms. The molecular weight excluding hydrogens is 321 g/mol. The molecule has 0 N–H and O–H groups in total. The Morgan fingerprint density at radius 3 is 2.39 bits per heavy atom. The summed E-state index contributed by atoms with van der Waals surface area (Å²) in [5, 5.41) is 0. The van der Waals surface area contributed by atoms with Crippen molar-refractivity contribution < 1.29 is 9.09 Å². The minimum absolute atomic E-state index is 0.0765. The van der Waals surface area contributed by atoms with E-state index >= 15 is 0 Å². The molecule has 3 nitrogen and oxygen atoms in total. The van der Waals surface area contributed by atoms with Gasteiger partial charge in [0.2, 0.25) is 0 Å². The van der Waals surface area contributed by atoms with Gasteiger partial charge in [0.25, 0.3) is 7.52 Å². The summed E-state index contributed by atoms with van der Waals surface area (Å²) >= 11 is 0. The van der Waals surface area contributed by atoms with Crippen LogP contribution in [0.4, 0.5) is 0 Å². The molecule has 1 heterocycles. The van der Waals surface area contributed by atoms with Crippen LogP contribution in [0.5, 0.6) is 0 Å². The van der Waals surface area contributed by atoms with Crippen molar-refractivity contribution in [2.24, 2.45) is 0 Å². The molecule has 1 saturated heterocycles. The lowest BCUT2D eigenvalue weighted by molar-refractivity contribution is 0.211. The van der Waals surface area contributed by atoms with E-state index in [4.69, 9.17) is 4.52 Å². The fourth-order valence-electron chi connectivity index (χ4n) is 3.25. The first kappa shape index (κ1) is 17.4. The maximum Gasteiger partial charge on any atom is 0.280 e. The van der Waals surface area contributed by atoms with Gasteiger partial charge >= 0.3 is 0 Å². The van der Waals surface area contributed by atoms with Crippen LogP contribution in [-0.2, 0) is 9.09 Å².